The first-order valence-corrected chi connectivity index (χ1v) is 6.19. The molecule has 0 bridgehead atoms. The van der Waals surface area contributed by atoms with Crippen LogP contribution in [0, 0.1) is 41.7 Å². The highest BCUT2D eigenvalue weighted by molar-refractivity contribution is 5.90. The van der Waals surface area contributed by atoms with Crippen molar-refractivity contribution < 1.29 is 18.3 Å². The van der Waals surface area contributed by atoms with E-state index < -0.39 is 23.2 Å². The van der Waals surface area contributed by atoms with Gasteiger partial charge in [0.25, 0.3) is 0 Å². The predicted octanol–water partition coefficient (Wildman–Crippen LogP) is 3.10. The van der Waals surface area contributed by atoms with Crippen molar-refractivity contribution in [2.24, 2.45) is 0 Å². The number of rotatable bonds is 1. The Balaban J connectivity index is 2.14. The number of aryl methyl sites for hydroxylation is 1. The van der Waals surface area contributed by atoms with E-state index in [0.29, 0.717) is 5.56 Å². The monoisotopic (exact) mass is 297 g/mol. The first kappa shape index (κ1) is 15.2. The molecule has 108 valence electrons. The van der Waals surface area contributed by atoms with Gasteiger partial charge in [0, 0.05) is 23.6 Å². The van der Waals surface area contributed by atoms with E-state index in [2.05, 4.69) is 11.8 Å². The Labute approximate surface area is 125 Å². The highest BCUT2D eigenvalue weighted by Gasteiger charge is 2.12. The molecule has 2 aromatic rings. The molecular formula is C17H9F2NO2. The summed E-state index contributed by atoms with van der Waals surface area (Å²) in [6, 6.07) is 10.0. The summed E-state index contributed by atoms with van der Waals surface area (Å²) in [4.78, 5) is 11.5. The highest BCUT2D eigenvalue weighted by Crippen LogP contribution is 2.20. The quantitative estimate of drug-likeness (QED) is 0.462. The summed E-state index contributed by atoms with van der Waals surface area (Å²) in [5.74, 6) is 1.29. The average Bonchev–Trinajstić information content (AvgIpc) is 2.46. The normalized spacial score (nSPS) is 9.36. The van der Waals surface area contributed by atoms with Crippen molar-refractivity contribution in [1.82, 2.24) is 0 Å². The molecule has 22 heavy (non-hydrogen) atoms. The maximum absolute atomic E-state index is 13.4. The fraction of sp³-hybridized carbons (Fsp3) is 0.0588. The Bertz CT molecular complexity index is 801. The molecule has 0 aromatic heterocycles. The minimum atomic E-state index is -1.10. The summed E-state index contributed by atoms with van der Waals surface area (Å²) in [5.41, 5.74) is 0.932. The van der Waals surface area contributed by atoms with E-state index in [1.807, 2.05) is 19.1 Å². The first-order valence-electron chi connectivity index (χ1n) is 6.19. The lowest BCUT2D eigenvalue weighted by Crippen LogP contribution is -2.06. The Morgan fingerprint density at radius 2 is 1.73 bits per heavy atom. The van der Waals surface area contributed by atoms with Crippen LogP contribution in [0.25, 0.3) is 0 Å². The molecule has 0 saturated carbocycles. The number of carbonyl (C=O) groups is 1. The van der Waals surface area contributed by atoms with Gasteiger partial charge in [-0.15, -0.1) is 0 Å². The van der Waals surface area contributed by atoms with Crippen molar-refractivity contribution in [2.45, 2.75) is 6.92 Å². The van der Waals surface area contributed by atoms with Gasteiger partial charge in [0.1, 0.15) is 29.0 Å². The zero-order valence-electron chi connectivity index (χ0n) is 11.5. The van der Waals surface area contributed by atoms with Gasteiger partial charge in [-0.2, -0.15) is 5.26 Å². The maximum Gasteiger partial charge on any atom is 0.390 e. The topological polar surface area (TPSA) is 50.1 Å². The number of halogens is 2. The molecule has 5 heteroatoms. The van der Waals surface area contributed by atoms with Gasteiger partial charge in [0.2, 0.25) is 0 Å². The van der Waals surface area contributed by atoms with E-state index in [-0.39, 0.29) is 5.75 Å². The van der Waals surface area contributed by atoms with Gasteiger partial charge in [-0.1, -0.05) is 23.6 Å². The number of esters is 1. The molecule has 0 aliphatic rings. The molecule has 2 aromatic carbocycles. The molecule has 0 radical (unpaired) electrons. The van der Waals surface area contributed by atoms with Crippen LogP contribution >= 0.6 is 0 Å². The summed E-state index contributed by atoms with van der Waals surface area (Å²) in [6.45, 7) is 1.92. The van der Waals surface area contributed by atoms with Crippen molar-refractivity contribution in [3.8, 4) is 23.7 Å². The fourth-order valence-corrected chi connectivity index (χ4v) is 1.61. The number of carbonyl (C=O) groups excluding carboxylic acids is 1. The van der Waals surface area contributed by atoms with Crippen LogP contribution in [0.4, 0.5) is 8.78 Å². The minimum Gasteiger partial charge on any atom is -0.417 e. The van der Waals surface area contributed by atoms with Crippen molar-refractivity contribution >= 4 is 5.97 Å². The number of nitrogens with zero attached hydrogens (tertiary/aromatic N) is 1. The SMILES string of the molecule is Cc1ccc(C#CC(=O)Oc2cc(F)c(C#N)c(F)c2)cc1. The highest BCUT2D eigenvalue weighted by atomic mass is 19.1. The van der Waals surface area contributed by atoms with Gasteiger partial charge in [-0.25, -0.2) is 13.6 Å². The van der Waals surface area contributed by atoms with Crippen LogP contribution < -0.4 is 4.74 Å². The van der Waals surface area contributed by atoms with E-state index >= 15 is 0 Å². The van der Waals surface area contributed by atoms with Crippen molar-refractivity contribution in [3.63, 3.8) is 0 Å². The Morgan fingerprint density at radius 3 is 2.27 bits per heavy atom. The van der Waals surface area contributed by atoms with Crippen LogP contribution in [0.5, 0.6) is 5.75 Å². The summed E-state index contributed by atoms with van der Waals surface area (Å²) >= 11 is 0. The molecule has 0 atom stereocenters. The lowest BCUT2D eigenvalue weighted by atomic mass is 10.1. The van der Waals surface area contributed by atoms with E-state index in [9.17, 15) is 13.6 Å². The number of ether oxygens (including phenoxy) is 1. The van der Waals surface area contributed by atoms with Crippen LogP contribution in [0.15, 0.2) is 36.4 Å². The van der Waals surface area contributed by atoms with Gasteiger partial charge in [-0.3, -0.25) is 0 Å². The lowest BCUT2D eigenvalue weighted by Gasteiger charge is -2.02. The van der Waals surface area contributed by atoms with Crippen LogP contribution in [0.3, 0.4) is 0 Å². The minimum absolute atomic E-state index is 0.350. The van der Waals surface area contributed by atoms with Gasteiger partial charge >= 0.3 is 5.97 Å². The zero-order valence-corrected chi connectivity index (χ0v) is 11.5. The van der Waals surface area contributed by atoms with Gasteiger partial charge in [0.15, 0.2) is 0 Å². The number of hydrogen-bond donors (Lipinski definition) is 0. The second kappa shape index (κ2) is 6.51. The third-order valence-electron chi connectivity index (χ3n) is 2.70. The maximum atomic E-state index is 13.4. The van der Waals surface area contributed by atoms with Crippen LogP contribution in [0.1, 0.15) is 16.7 Å². The summed E-state index contributed by atoms with van der Waals surface area (Å²) in [7, 11) is 0. The van der Waals surface area contributed by atoms with Gasteiger partial charge in [0.05, 0.1) is 0 Å². The van der Waals surface area contributed by atoms with Gasteiger partial charge < -0.3 is 4.74 Å². The largest absolute Gasteiger partial charge is 0.417 e. The van der Waals surface area contributed by atoms with Gasteiger partial charge in [-0.05, 0) is 19.1 Å². The summed E-state index contributed by atoms with van der Waals surface area (Å²) < 4.78 is 31.4. The third kappa shape index (κ3) is 3.68. The summed E-state index contributed by atoms with van der Waals surface area (Å²) in [5, 5.41) is 8.54. The molecule has 0 unspecified atom stereocenters. The van der Waals surface area contributed by atoms with Crippen molar-refractivity contribution in [2.75, 3.05) is 0 Å². The molecule has 0 amide bonds. The molecular weight excluding hydrogens is 288 g/mol. The van der Waals surface area contributed by atoms with E-state index in [0.717, 1.165) is 17.7 Å². The van der Waals surface area contributed by atoms with E-state index in [1.54, 1.807) is 12.1 Å². The third-order valence-corrected chi connectivity index (χ3v) is 2.70. The van der Waals surface area contributed by atoms with Crippen molar-refractivity contribution in [1.29, 1.82) is 5.26 Å². The fourth-order valence-electron chi connectivity index (χ4n) is 1.61. The average molecular weight is 297 g/mol. The van der Waals surface area contributed by atoms with E-state index in [4.69, 9.17) is 10.00 Å². The summed E-state index contributed by atoms with van der Waals surface area (Å²) in [6.07, 6.45) is 0. The number of nitriles is 1. The molecule has 0 fully saturated rings. The van der Waals surface area contributed by atoms with Crippen LogP contribution in [0.2, 0.25) is 0 Å². The molecule has 0 N–H and O–H groups in total. The molecule has 0 aliphatic heterocycles. The van der Waals surface area contributed by atoms with Crippen LogP contribution in [-0.4, -0.2) is 5.97 Å². The number of hydrogen-bond acceptors (Lipinski definition) is 3. The Hall–Kier alpha value is -3.18. The second-order valence-corrected chi connectivity index (χ2v) is 4.38. The van der Waals surface area contributed by atoms with E-state index in [1.165, 1.54) is 6.07 Å². The molecule has 0 saturated heterocycles. The molecule has 0 heterocycles. The predicted molar refractivity (Wildman–Crippen MR) is 74.8 cm³/mol. The smallest absolute Gasteiger partial charge is 0.390 e. The Morgan fingerprint density at radius 1 is 1.14 bits per heavy atom. The lowest BCUT2D eigenvalue weighted by molar-refractivity contribution is -0.128. The van der Waals surface area contributed by atoms with Crippen LogP contribution in [-0.2, 0) is 4.79 Å². The molecule has 2 rings (SSSR count). The molecule has 0 spiro atoms. The first-order chi connectivity index (χ1) is 10.5. The standard InChI is InChI=1S/C17H9F2NO2/c1-11-2-4-12(5-3-11)6-7-17(21)22-13-8-15(18)14(10-20)16(19)9-13/h2-5,8-9H,1H3. The van der Waals surface area contributed by atoms with Crippen molar-refractivity contribution in [3.05, 3.63) is 64.7 Å². The zero-order chi connectivity index (χ0) is 16.1. The molecule has 0 aliphatic carbocycles. The Kier molecular flexibility index (Phi) is 4.50. The molecule has 3 nitrogen and oxygen atoms in total. The second-order valence-electron chi connectivity index (χ2n) is 4.38. The number of benzene rings is 2.